The number of benzene rings is 2. The number of ether oxygens (including phenoxy) is 1. The summed E-state index contributed by atoms with van der Waals surface area (Å²) in [4.78, 5) is 14.7. The van der Waals surface area contributed by atoms with E-state index in [1.54, 1.807) is 24.3 Å². The number of likely N-dealkylation sites (N-methyl/N-ethyl adjacent to an activating group) is 1. The van der Waals surface area contributed by atoms with Gasteiger partial charge in [0.1, 0.15) is 10.6 Å². The van der Waals surface area contributed by atoms with Gasteiger partial charge in [-0.05, 0) is 57.1 Å². The standard InChI is InChI=1S/C21H26ClN3O4S/c1-14(25(2)16-9-10-16)13-23-21(26)15-8-11-17(22)20(12-15)30(27,28)24-18-6-4-5-7-19(18)29-3/h4-8,11-12,14,16,24H,9-10,13H2,1-3H3,(H,23,26). The molecule has 0 heterocycles. The molecule has 2 aromatic rings. The monoisotopic (exact) mass is 451 g/mol. The van der Waals surface area contributed by atoms with E-state index in [2.05, 4.69) is 14.9 Å². The van der Waals surface area contributed by atoms with Crippen molar-refractivity contribution < 1.29 is 17.9 Å². The van der Waals surface area contributed by atoms with Crippen LogP contribution in [0, 0.1) is 0 Å². The molecule has 1 aliphatic rings. The molecule has 1 fully saturated rings. The number of carbonyl (C=O) groups excluding carboxylic acids is 1. The Bertz CT molecular complexity index is 1020. The first-order valence-electron chi connectivity index (χ1n) is 9.68. The van der Waals surface area contributed by atoms with E-state index >= 15 is 0 Å². The minimum absolute atomic E-state index is 0.0239. The van der Waals surface area contributed by atoms with E-state index in [4.69, 9.17) is 16.3 Å². The third-order valence-electron chi connectivity index (χ3n) is 5.21. The molecule has 162 valence electrons. The van der Waals surface area contributed by atoms with Crippen LogP contribution in [0.15, 0.2) is 47.4 Å². The Balaban J connectivity index is 1.75. The molecule has 0 aliphatic heterocycles. The number of anilines is 1. The maximum atomic E-state index is 12.9. The van der Waals surface area contributed by atoms with Crippen molar-refractivity contribution in [3.63, 3.8) is 0 Å². The summed E-state index contributed by atoms with van der Waals surface area (Å²) in [5.74, 6) is 0.0244. The summed E-state index contributed by atoms with van der Waals surface area (Å²) >= 11 is 6.15. The normalized spacial score (nSPS) is 15.0. The van der Waals surface area contributed by atoms with Gasteiger partial charge in [-0.25, -0.2) is 8.42 Å². The smallest absolute Gasteiger partial charge is 0.263 e. The summed E-state index contributed by atoms with van der Waals surface area (Å²) in [6.45, 7) is 2.52. The Labute approximate surface area is 182 Å². The molecule has 1 amide bonds. The molecule has 1 unspecified atom stereocenters. The zero-order valence-electron chi connectivity index (χ0n) is 17.2. The van der Waals surface area contributed by atoms with Crippen LogP contribution in [0.3, 0.4) is 0 Å². The van der Waals surface area contributed by atoms with Gasteiger partial charge in [-0.3, -0.25) is 14.4 Å². The summed E-state index contributed by atoms with van der Waals surface area (Å²) in [7, 11) is -0.533. The quantitative estimate of drug-likeness (QED) is 0.610. The molecule has 0 aromatic heterocycles. The van der Waals surface area contributed by atoms with E-state index in [1.165, 1.54) is 38.2 Å². The van der Waals surface area contributed by atoms with E-state index in [9.17, 15) is 13.2 Å². The first-order chi connectivity index (χ1) is 14.2. The predicted molar refractivity (Wildman–Crippen MR) is 118 cm³/mol. The van der Waals surface area contributed by atoms with Crippen LogP contribution in [0.2, 0.25) is 5.02 Å². The molecule has 9 heteroatoms. The van der Waals surface area contributed by atoms with Crippen LogP contribution in [-0.2, 0) is 10.0 Å². The number of para-hydroxylation sites is 2. The number of amides is 1. The maximum absolute atomic E-state index is 12.9. The fraction of sp³-hybridized carbons (Fsp3) is 0.381. The number of carbonyl (C=O) groups is 1. The summed E-state index contributed by atoms with van der Waals surface area (Å²) in [6.07, 6.45) is 2.37. The van der Waals surface area contributed by atoms with Crippen molar-refractivity contribution in [2.45, 2.75) is 36.7 Å². The van der Waals surface area contributed by atoms with Gasteiger partial charge >= 0.3 is 0 Å². The fourth-order valence-corrected chi connectivity index (χ4v) is 4.70. The second-order valence-corrected chi connectivity index (χ2v) is 9.46. The third kappa shape index (κ3) is 5.24. The van der Waals surface area contributed by atoms with Crippen LogP contribution in [0.5, 0.6) is 5.75 Å². The van der Waals surface area contributed by atoms with Crippen LogP contribution in [0.1, 0.15) is 30.1 Å². The number of nitrogens with one attached hydrogen (secondary N) is 2. The molecule has 30 heavy (non-hydrogen) atoms. The Morgan fingerprint density at radius 2 is 1.97 bits per heavy atom. The molecule has 0 bridgehead atoms. The molecule has 2 N–H and O–H groups in total. The summed E-state index contributed by atoms with van der Waals surface area (Å²) in [6, 6.07) is 11.6. The lowest BCUT2D eigenvalue weighted by atomic mass is 10.2. The molecule has 7 nitrogen and oxygen atoms in total. The van der Waals surface area contributed by atoms with Gasteiger partial charge in [0.25, 0.3) is 15.9 Å². The van der Waals surface area contributed by atoms with Gasteiger partial charge in [0, 0.05) is 24.2 Å². The Kier molecular flexibility index (Phi) is 6.90. The number of rotatable bonds is 9. The van der Waals surface area contributed by atoms with Gasteiger partial charge in [0.15, 0.2) is 0 Å². The zero-order chi connectivity index (χ0) is 21.9. The van der Waals surface area contributed by atoms with E-state index in [0.717, 1.165) is 0 Å². The van der Waals surface area contributed by atoms with E-state index < -0.39 is 10.0 Å². The van der Waals surface area contributed by atoms with Crippen molar-refractivity contribution >= 4 is 33.2 Å². The molecule has 1 atom stereocenters. The summed E-state index contributed by atoms with van der Waals surface area (Å²) in [5, 5.41) is 2.89. The predicted octanol–water partition coefficient (Wildman–Crippen LogP) is 3.36. The van der Waals surface area contributed by atoms with Gasteiger partial charge in [-0.15, -0.1) is 0 Å². The van der Waals surface area contributed by atoms with Crippen molar-refractivity contribution in [2.75, 3.05) is 25.4 Å². The molecule has 0 radical (unpaired) electrons. The summed E-state index contributed by atoms with van der Waals surface area (Å²) < 4.78 is 33.5. The first kappa shape index (κ1) is 22.4. The van der Waals surface area contributed by atoms with Crippen molar-refractivity contribution in [1.82, 2.24) is 10.2 Å². The van der Waals surface area contributed by atoms with Gasteiger partial charge < -0.3 is 10.1 Å². The lowest BCUT2D eigenvalue weighted by Crippen LogP contribution is -2.41. The fourth-order valence-electron chi connectivity index (χ4n) is 3.11. The van der Waals surface area contributed by atoms with E-state index in [-0.39, 0.29) is 33.1 Å². The largest absolute Gasteiger partial charge is 0.495 e. The van der Waals surface area contributed by atoms with Crippen LogP contribution in [-0.4, -0.2) is 52.0 Å². The van der Waals surface area contributed by atoms with Crippen molar-refractivity contribution in [2.24, 2.45) is 0 Å². The van der Waals surface area contributed by atoms with Gasteiger partial charge in [0.2, 0.25) is 0 Å². The Morgan fingerprint density at radius 3 is 2.63 bits per heavy atom. The van der Waals surface area contributed by atoms with Crippen LogP contribution < -0.4 is 14.8 Å². The maximum Gasteiger partial charge on any atom is 0.263 e. The third-order valence-corrected chi connectivity index (χ3v) is 7.06. The van der Waals surface area contributed by atoms with Gasteiger partial charge in [0.05, 0.1) is 17.8 Å². The molecule has 1 saturated carbocycles. The van der Waals surface area contributed by atoms with Crippen LogP contribution in [0.25, 0.3) is 0 Å². The number of sulfonamides is 1. The molecule has 0 saturated heterocycles. The lowest BCUT2D eigenvalue weighted by Gasteiger charge is -2.24. The number of hydrogen-bond acceptors (Lipinski definition) is 5. The average Bonchev–Trinajstić information content (AvgIpc) is 3.56. The SMILES string of the molecule is COc1ccccc1NS(=O)(=O)c1cc(C(=O)NCC(C)N(C)C2CC2)ccc1Cl. The molecular weight excluding hydrogens is 426 g/mol. The number of methoxy groups -OCH3 is 1. The minimum Gasteiger partial charge on any atom is -0.495 e. The second-order valence-electron chi connectivity index (χ2n) is 7.41. The number of hydrogen-bond donors (Lipinski definition) is 2. The topological polar surface area (TPSA) is 87.7 Å². The van der Waals surface area contributed by atoms with Crippen molar-refractivity contribution in [3.8, 4) is 5.75 Å². The van der Waals surface area contributed by atoms with Crippen LogP contribution >= 0.6 is 11.6 Å². The molecule has 2 aromatic carbocycles. The molecular formula is C21H26ClN3O4S. The summed E-state index contributed by atoms with van der Waals surface area (Å²) in [5.41, 5.74) is 0.504. The highest BCUT2D eigenvalue weighted by molar-refractivity contribution is 7.92. The second kappa shape index (κ2) is 9.24. The van der Waals surface area contributed by atoms with Crippen LogP contribution in [0.4, 0.5) is 5.69 Å². The molecule has 1 aliphatic carbocycles. The highest BCUT2D eigenvalue weighted by atomic mass is 35.5. The zero-order valence-corrected chi connectivity index (χ0v) is 18.8. The van der Waals surface area contributed by atoms with Gasteiger partial charge in [-0.1, -0.05) is 23.7 Å². The van der Waals surface area contributed by atoms with E-state index in [1.807, 2.05) is 14.0 Å². The highest BCUT2D eigenvalue weighted by Gasteiger charge is 2.29. The van der Waals surface area contributed by atoms with Crippen molar-refractivity contribution in [1.29, 1.82) is 0 Å². The van der Waals surface area contributed by atoms with Crippen molar-refractivity contribution in [3.05, 3.63) is 53.1 Å². The Hall–Kier alpha value is -2.29. The minimum atomic E-state index is -4.03. The lowest BCUT2D eigenvalue weighted by molar-refractivity contribution is 0.0939. The van der Waals surface area contributed by atoms with Gasteiger partial charge in [-0.2, -0.15) is 0 Å². The Morgan fingerprint density at radius 1 is 1.27 bits per heavy atom. The number of nitrogens with zero attached hydrogens (tertiary/aromatic N) is 1. The van der Waals surface area contributed by atoms with E-state index in [0.29, 0.717) is 18.3 Å². The molecule has 3 rings (SSSR count). The molecule has 0 spiro atoms. The highest BCUT2D eigenvalue weighted by Crippen LogP contribution is 2.29. The number of halogens is 1. The average molecular weight is 452 g/mol. The first-order valence-corrected chi connectivity index (χ1v) is 11.5.